The molecule has 0 saturated carbocycles. The highest BCUT2D eigenvalue weighted by Gasteiger charge is 2.18. The van der Waals surface area contributed by atoms with Gasteiger partial charge in [-0.2, -0.15) is 0 Å². The van der Waals surface area contributed by atoms with Crippen molar-refractivity contribution >= 4 is 33.2 Å². The van der Waals surface area contributed by atoms with Crippen LogP contribution in [0.3, 0.4) is 0 Å². The van der Waals surface area contributed by atoms with Crippen molar-refractivity contribution in [1.82, 2.24) is 4.90 Å². The predicted molar refractivity (Wildman–Crippen MR) is 93.8 cm³/mol. The number of ether oxygens (including phenoxy) is 1. The van der Waals surface area contributed by atoms with Gasteiger partial charge in [-0.25, -0.2) is 0 Å². The van der Waals surface area contributed by atoms with Gasteiger partial charge >= 0.3 is 5.97 Å². The van der Waals surface area contributed by atoms with Crippen molar-refractivity contribution in [2.75, 3.05) is 13.7 Å². The Balaban J connectivity index is 2.07. The van der Waals surface area contributed by atoms with Crippen molar-refractivity contribution in [3.8, 4) is 0 Å². The standard InChI is InChI=1S/C17H20BrNO2S/c1-13(17(20)21-2)10-19(11-14-6-4-3-5-7-14)12-15-8-9-16(18)22-15/h3-9,13H,10-12H2,1-2H3. The molecule has 3 nitrogen and oxygen atoms in total. The summed E-state index contributed by atoms with van der Waals surface area (Å²) in [6.45, 7) is 4.23. The fourth-order valence-corrected chi connectivity index (χ4v) is 3.87. The zero-order valence-corrected chi connectivity index (χ0v) is 15.2. The number of carbonyl (C=O) groups excluding carboxylic acids is 1. The molecule has 1 aromatic carbocycles. The molecule has 2 aromatic rings. The van der Waals surface area contributed by atoms with Crippen LogP contribution >= 0.6 is 27.3 Å². The van der Waals surface area contributed by atoms with Crippen LogP contribution in [0.5, 0.6) is 0 Å². The summed E-state index contributed by atoms with van der Waals surface area (Å²) >= 11 is 5.23. The number of esters is 1. The molecular formula is C17H20BrNO2S. The summed E-state index contributed by atoms with van der Waals surface area (Å²) in [5, 5.41) is 0. The highest BCUT2D eigenvalue weighted by atomic mass is 79.9. The first-order chi connectivity index (χ1) is 10.6. The lowest BCUT2D eigenvalue weighted by atomic mass is 10.1. The van der Waals surface area contributed by atoms with Crippen LogP contribution in [0.4, 0.5) is 0 Å². The fourth-order valence-electron chi connectivity index (χ4n) is 2.35. The number of nitrogens with zero attached hydrogens (tertiary/aromatic N) is 1. The van der Waals surface area contributed by atoms with E-state index in [-0.39, 0.29) is 11.9 Å². The Hall–Kier alpha value is -1.17. The molecule has 5 heteroatoms. The number of hydrogen-bond donors (Lipinski definition) is 0. The largest absolute Gasteiger partial charge is 0.469 e. The first-order valence-corrected chi connectivity index (χ1v) is 8.77. The summed E-state index contributed by atoms with van der Waals surface area (Å²) in [5.41, 5.74) is 1.25. The summed E-state index contributed by atoms with van der Waals surface area (Å²) in [4.78, 5) is 15.3. The van der Waals surface area contributed by atoms with Gasteiger partial charge < -0.3 is 4.74 Å². The topological polar surface area (TPSA) is 29.5 Å². The van der Waals surface area contributed by atoms with Gasteiger partial charge in [0.15, 0.2) is 0 Å². The molecule has 0 fully saturated rings. The van der Waals surface area contributed by atoms with Gasteiger partial charge in [-0.05, 0) is 33.6 Å². The Bertz CT molecular complexity index is 600. The second-order valence-corrected chi connectivity index (χ2v) is 7.83. The average molecular weight is 382 g/mol. The molecule has 1 unspecified atom stereocenters. The molecule has 0 saturated heterocycles. The Morgan fingerprint density at radius 2 is 1.95 bits per heavy atom. The van der Waals surface area contributed by atoms with Crippen LogP contribution in [0.1, 0.15) is 17.4 Å². The van der Waals surface area contributed by atoms with Crippen LogP contribution in [0.25, 0.3) is 0 Å². The summed E-state index contributed by atoms with van der Waals surface area (Å²) in [5.74, 6) is -0.303. The van der Waals surface area contributed by atoms with E-state index in [0.29, 0.717) is 6.54 Å². The Morgan fingerprint density at radius 3 is 2.55 bits per heavy atom. The highest BCUT2D eigenvalue weighted by molar-refractivity contribution is 9.11. The lowest BCUT2D eigenvalue weighted by molar-refractivity contribution is -0.145. The van der Waals surface area contributed by atoms with Gasteiger partial charge in [0, 0.05) is 24.5 Å². The van der Waals surface area contributed by atoms with Crippen LogP contribution in [-0.2, 0) is 22.6 Å². The number of halogens is 1. The number of hydrogen-bond acceptors (Lipinski definition) is 4. The van der Waals surface area contributed by atoms with Crippen LogP contribution in [0, 0.1) is 5.92 Å². The second-order valence-electron chi connectivity index (χ2n) is 5.29. The molecule has 1 aromatic heterocycles. The second kappa shape index (κ2) is 8.46. The fraction of sp³-hybridized carbons (Fsp3) is 0.353. The van der Waals surface area contributed by atoms with Gasteiger partial charge in [-0.3, -0.25) is 9.69 Å². The first-order valence-electron chi connectivity index (χ1n) is 7.17. The van der Waals surface area contributed by atoms with Crippen molar-refractivity contribution in [2.45, 2.75) is 20.0 Å². The van der Waals surface area contributed by atoms with E-state index in [4.69, 9.17) is 4.74 Å². The minimum atomic E-state index is -0.162. The van der Waals surface area contributed by atoms with Crippen LogP contribution in [-0.4, -0.2) is 24.5 Å². The smallest absolute Gasteiger partial charge is 0.309 e. The third kappa shape index (κ3) is 5.23. The number of carbonyl (C=O) groups is 1. The highest BCUT2D eigenvalue weighted by Crippen LogP contribution is 2.24. The lowest BCUT2D eigenvalue weighted by Crippen LogP contribution is -2.31. The first kappa shape index (κ1) is 17.2. The number of rotatable bonds is 7. The third-order valence-corrected chi connectivity index (χ3v) is 5.00. The molecule has 0 bridgehead atoms. The monoisotopic (exact) mass is 381 g/mol. The van der Waals surface area contributed by atoms with E-state index in [9.17, 15) is 4.79 Å². The minimum absolute atomic E-state index is 0.142. The van der Waals surface area contributed by atoms with Crippen LogP contribution in [0.2, 0.25) is 0 Å². The molecule has 0 radical (unpaired) electrons. The van der Waals surface area contributed by atoms with Gasteiger partial charge in [-0.15, -0.1) is 11.3 Å². The number of thiophene rings is 1. The normalized spacial score (nSPS) is 12.4. The van der Waals surface area contributed by atoms with E-state index < -0.39 is 0 Å². The molecule has 1 atom stereocenters. The third-order valence-electron chi connectivity index (χ3n) is 3.39. The quantitative estimate of drug-likeness (QED) is 0.668. The maximum atomic E-state index is 11.7. The molecule has 0 aliphatic rings. The van der Waals surface area contributed by atoms with E-state index in [1.165, 1.54) is 17.6 Å². The van der Waals surface area contributed by atoms with Crippen molar-refractivity contribution in [3.05, 3.63) is 56.7 Å². The summed E-state index contributed by atoms with van der Waals surface area (Å²) in [7, 11) is 1.44. The summed E-state index contributed by atoms with van der Waals surface area (Å²) < 4.78 is 5.97. The van der Waals surface area contributed by atoms with Gasteiger partial charge in [0.05, 0.1) is 16.8 Å². The van der Waals surface area contributed by atoms with E-state index in [2.05, 4.69) is 45.1 Å². The SMILES string of the molecule is COC(=O)C(C)CN(Cc1ccccc1)Cc1ccc(Br)s1. The molecular weight excluding hydrogens is 362 g/mol. The van der Waals surface area contributed by atoms with Crippen molar-refractivity contribution in [2.24, 2.45) is 5.92 Å². The van der Waals surface area contributed by atoms with Crippen molar-refractivity contribution in [1.29, 1.82) is 0 Å². The molecule has 1 heterocycles. The average Bonchev–Trinajstić information content (AvgIpc) is 2.92. The molecule has 0 aliphatic carbocycles. The molecule has 0 spiro atoms. The lowest BCUT2D eigenvalue weighted by Gasteiger charge is -2.24. The Morgan fingerprint density at radius 1 is 1.23 bits per heavy atom. The molecule has 0 N–H and O–H groups in total. The molecule has 0 aliphatic heterocycles. The van der Waals surface area contributed by atoms with Gasteiger partial charge in [0.1, 0.15) is 0 Å². The van der Waals surface area contributed by atoms with Crippen molar-refractivity contribution in [3.63, 3.8) is 0 Å². The molecule has 0 amide bonds. The maximum absolute atomic E-state index is 11.7. The van der Waals surface area contributed by atoms with E-state index in [0.717, 1.165) is 16.9 Å². The number of benzene rings is 1. The van der Waals surface area contributed by atoms with Gasteiger partial charge in [-0.1, -0.05) is 37.3 Å². The van der Waals surface area contributed by atoms with Crippen LogP contribution < -0.4 is 0 Å². The van der Waals surface area contributed by atoms with E-state index >= 15 is 0 Å². The summed E-state index contributed by atoms with van der Waals surface area (Å²) in [6.07, 6.45) is 0. The Labute approximate surface area is 144 Å². The predicted octanol–water partition coefficient (Wildman–Crippen LogP) is 4.32. The zero-order valence-electron chi connectivity index (χ0n) is 12.8. The molecule has 22 heavy (non-hydrogen) atoms. The molecule has 2 rings (SSSR count). The van der Waals surface area contributed by atoms with Gasteiger partial charge in [0.25, 0.3) is 0 Å². The van der Waals surface area contributed by atoms with Crippen molar-refractivity contribution < 1.29 is 9.53 Å². The Kier molecular flexibility index (Phi) is 6.61. The maximum Gasteiger partial charge on any atom is 0.309 e. The van der Waals surface area contributed by atoms with Gasteiger partial charge in [0.2, 0.25) is 0 Å². The van der Waals surface area contributed by atoms with Crippen LogP contribution in [0.15, 0.2) is 46.3 Å². The zero-order chi connectivity index (χ0) is 15.9. The van der Waals surface area contributed by atoms with E-state index in [1.807, 2.05) is 25.1 Å². The summed E-state index contributed by atoms with van der Waals surface area (Å²) in [6, 6.07) is 14.5. The minimum Gasteiger partial charge on any atom is -0.469 e. The van der Waals surface area contributed by atoms with E-state index in [1.54, 1.807) is 11.3 Å². The molecule has 118 valence electrons. The number of methoxy groups -OCH3 is 1.